The van der Waals surface area contributed by atoms with Crippen LogP contribution in [-0.4, -0.2) is 36.6 Å². The van der Waals surface area contributed by atoms with Gasteiger partial charge >= 0.3 is 0 Å². The zero-order chi connectivity index (χ0) is 12.0. The molecule has 0 heterocycles. The quantitative estimate of drug-likeness (QED) is 0.718. The lowest BCUT2D eigenvalue weighted by molar-refractivity contribution is 0.216. The first kappa shape index (κ1) is 14.0. The minimum Gasteiger partial charge on any atom is -0.312 e. The molecular weight excluding hydrogens is 196 g/mol. The van der Waals surface area contributed by atoms with E-state index in [1.807, 2.05) is 0 Å². The first-order valence-corrected chi connectivity index (χ1v) is 7.20. The lowest BCUT2D eigenvalue weighted by Crippen LogP contribution is -2.44. The molecule has 2 nitrogen and oxygen atoms in total. The third-order valence-corrected chi connectivity index (χ3v) is 4.29. The predicted octanol–water partition coefficient (Wildman–Crippen LogP) is 2.89. The van der Waals surface area contributed by atoms with Gasteiger partial charge in [0.25, 0.3) is 0 Å². The molecule has 0 aromatic carbocycles. The number of rotatable bonds is 7. The van der Waals surface area contributed by atoms with E-state index in [4.69, 9.17) is 0 Å². The van der Waals surface area contributed by atoms with Gasteiger partial charge in [-0.2, -0.15) is 0 Å². The monoisotopic (exact) mass is 226 g/mol. The maximum atomic E-state index is 3.79. The molecule has 0 radical (unpaired) electrons. The molecule has 96 valence electrons. The molecule has 1 fully saturated rings. The van der Waals surface area contributed by atoms with Gasteiger partial charge in [0.15, 0.2) is 0 Å². The maximum absolute atomic E-state index is 3.79. The maximum Gasteiger partial charge on any atom is 0.0192 e. The molecule has 1 saturated carbocycles. The van der Waals surface area contributed by atoms with Gasteiger partial charge in [-0.3, -0.25) is 4.90 Å². The smallest absolute Gasteiger partial charge is 0.0192 e. The van der Waals surface area contributed by atoms with E-state index >= 15 is 0 Å². The Labute approximate surface area is 102 Å². The van der Waals surface area contributed by atoms with Crippen molar-refractivity contribution < 1.29 is 0 Å². The Kier molecular flexibility index (Phi) is 6.37. The van der Waals surface area contributed by atoms with Crippen LogP contribution in [0.4, 0.5) is 0 Å². The second-order valence-corrected chi connectivity index (χ2v) is 5.18. The van der Waals surface area contributed by atoms with E-state index in [9.17, 15) is 0 Å². The fraction of sp³-hybridized carbons (Fsp3) is 1.00. The molecule has 0 amide bonds. The van der Waals surface area contributed by atoms with E-state index in [-0.39, 0.29) is 0 Å². The summed E-state index contributed by atoms with van der Waals surface area (Å²) in [5, 5.41) is 3.79. The highest BCUT2D eigenvalue weighted by Crippen LogP contribution is 2.27. The highest BCUT2D eigenvalue weighted by molar-refractivity contribution is 4.83. The van der Waals surface area contributed by atoms with E-state index in [2.05, 4.69) is 37.9 Å². The van der Waals surface area contributed by atoms with Gasteiger partial charge in [-0.25, -0.2) is 0 Å². The van der Waals surface area contributed by atoms with Crippen molar-refractivity contribution in [3.63, 3.8) is 0 Å². The van der Waals surface area contributed by atoms with Crippen LogP contribution in [-0.2, 0) is 0 Å². The average Bonchev–Trinajstić information content (AvgIpc) is 2.75. The Balaban J connectivity index is 2.27. The molecule has 3 atom stereocenters. The number of nitrogens with one attached hydrogen (secondary N) is 1. The van der Waals surface area contributed by atoms with Crippen molar-refractivity contribution in [1.82, 2.24) is 10.2 Å². The molecule has 16 heavy (non-hydrogen) atoms. The number of hydrogen-bond donors (Lipinski definition) is 1. The van der Waals surface area contributed by atoms with Crippen molar-refractivity contribution in [3.8, 4) is 0 Å². The number of hydrogen-bond acceptors (Lipinski definition) is 2. The van der Waals surface area contributed by atoms with Gasteiger partial charge in [-0.05, 0) is 38.8 Å². The highest BCUT2D eigenvalue weighted by Gasteiger charge is 2.25. The molecule has 0 aliphatic heterocycles. The van der Waals surface area contributed by atoms with Crippen LogP contribution in [0.5, 0.6) is 0 Å². The van der Waals surface area contributed by atoms with Crippen molar-refractivity contribution in [1.29, 1.82) is 0 Å². The van der Waals surface area contributed by atoms with Crippen LogP contribution in [0.3, 0.4) is 0 Å². The second-order valence-electron chi connectivity index (χ2n) is 5.18. The molecule has 0 aromatic rings. The van der Waals surface area contributed by atoms with Gasteiger partial charge in [-0.1, -0.05) is 33.6 Å². The Morgan fingerprint density at radius 1 is 1.19 bits per heavy atom. The molecule has 0 bridgehead atoms. The zero-order valence-corrected chi connectivity index (χ0v) is 11.6. The second kappa shape index (κ2) is 7.29. The fourth-order valence-corrected chi connectivity index (χ4v) is 3.09. The molecule has 0 saturated heterocycles. The lowest BCUT2D eigenvalue weighted by atomic mass is 10.0. The summed E-state index contributed by atoms with van der Waals surface area (Å²) >= 11 is 0. The van der Waals surface area contributed by atoms with E-state index < -0.39 is 0 Å². The predicted molar refractivity (Wildman–Crippen MR) is 71.8 cm³/mol. The summed E-state index contributed by atoms with van der Waals surface area (Å²) in [4.78, 5) is 2.53. The van der Waals surface area contributed by atoms with Crippen molar-refractivity contribution in [2.24, 2.45) is 5.92 Å². The van der Waals surface area contributed by atoms with Crippen LogP contribution in [0.15, 0.2) is 0 Å². The summed E-state index contributed by atoms with van der Waals surface area (Å²) in [6, 6.07) is 1.47. The molecule has 3 unspecified atom stereocenters. The topological polar surface area (TPSA) is 15.3 Å². The van der Waals surface area contributed by atoms with Crippen molar-refractivity contribution in [2.45, 2.75) is 65.5 Å². The summed E-state index contributed by atoms with van der Waals surface area (Å²) in [6.07, 6.45) is 5.60. The normalized spacial score (nSPS) is 27.6. The molecule has 1 aliphatic rings. The Morgan fingerprint density at radius 3 is 2.44 bits per heavy atom. The Morgan fingerprint density at radius 2 is 1.88 bits per heavy atom. The summed E-state index contributed by atoms with van der Waals surface area (Å²) in [5.41, 5.74) is 0. The van der Waals surface area contributed by atoms with E-state index in [0.29, 0.717) is 6.04 Å². The molecular formula is C14H30N2. The molecule has 1 aliphatic carbocycles. The number of likely N-dealkylation sites (N-methyl/N-ethyl adjacent to an activating group) is 1. The zero-order valence-electron chi connectivity index (χ0n) is 11.6. The van der Waals surface area contributed by atoms with Crippen molar-refractivity contribution in [3.05, 3.63) is 0 Å². The average molecular weight is 226 g/mol. The van der Waals surface area contributed by atoms with Crippen LogP contribution in [0.1, 0.15) is 53.4 Å². The molecule has 1 N–H and O–H groups in total. The highest BCUT2D eigenvalue weighted by atomic mass is 15.2. The molecule has 1 rings (SSSR count). The van der Waals surface area contributed by atoms with Gasteiger partial charge in [0.05, 0.1) is 0 Å². The van der Waals surface area contributed by atoms with Crippen LogP contribution in [0, 0.1) is 5.92 Å². The van der Waals surface area contributed by atoms with Gasteiger partial charge in [0.2, 0.25) is 0 Å². The SMILES string of the molecule is CCC1CCCC1NCC(C)N(CC)CC. The first-order valence-electron chi connectivity index (χ1n) is 7.20. The summed E-state index contributed by atoms with van der Waals surface area (Å²) < 4.78 is 0. The molecule has 2 heteroatoms. The Bertz CT molecular complexity index is 178. The largest absolute Gasteiger partial charge is 0.312 e. The summed E-state index contributed by atoms with van der Waals surface area (Å²) in [6.45, 7) is 12.7. The minimum atomic E-state index is 0.674. The molecule has 0 spiro atoms. The minimum absolute atomic E-state index is 0.674. The third-order valence-electron chi connectivity index (χ3n) is 4.29. The van der Waals surface area contributed by atoms with Gasteiger partial charge < -0.3 is 5.32 Å². The van der Waals surface area contributed by atoms with Gasteiger partial charge in [0.1, 0.15) is 0 Å². The van der Waals surface area contributed by atoms with E-state index in [1.54, 1.807) is 0 Å². The fourth-order valence-electron chi connectivity index (χ4n) is 3.09. The first-order chi connectivity index (χ1) is 7.72. The lowest BCUT2D eigenvalue weighted by Gasteiger charge is -2.29. The van der Waals surface area contributed by atoms with E-state index in [0.717, 1.165) is 18.5 Å². The summed E-state index contributed by atoms with van der Waals surface area (Å²) in [5.74, 6) is 0.934. The Hall–Kier alpha value is -0.0800. The van der Waals surface area contributed by atoms with Crippen LogP contribution >= 0.6 is 0 Å². The third kappa shape index (κ3) is 3.74. The standard InChI is InChI=1S/C14H30N2/c1-5-13-9-8-10-14(13)15-11-12(4)16(6-2)7-3/h12-15H,5-11H2,1-4H3. The van der Waals surface area contributed by atoms with Gasteiger partial charge in [0, 0.05) is 18.6 Å². The van der Waals surface area contributed by atoms with Crippen LogP contribution < -0.4 is 5.32 Å². The van der Waals surface area contributed by atoms with Crippen molar-refractivity contribution in [2.75, 3.05) is 19.6 Å². The van der Waals surface area contributed by atoms with E-state index in [1.165, 1.54) is 38.8 Å². The molecule has 0 aromatic heterocycles. The summed E-state index contributed by atoms with van der Waals surface area (Å²) in [7, 11) is 0. The van der Waals surface area contributed by atoms with Crippen molar-refractivity contribution >= 4 is 0 Å². The van der Waals surface area contributed by atoms with Gasteiger partial charge in [-0.15, -0.1) is 0 Å². The number of nitrogens with zero attached hydrogens (tertiary/aromatic N) is 1. The van der Waals surface area contributed by atoms with Crippen LogP contribution in [0.2, 0.25) is 0 Å². The van der Waals surface area contributed by atoms with Crippen LogP contribution in [0.25, 0.3) is 0 Å².